The van der Waals surface area contributed by atoms with Crippen LogP contribution in [-0.4, -0.2) is 33.5 Å². The van der Waals surface area contributed by atoms with E-state index in [1.54, 1.807) is 24.3 Å². The largest absolute Gasteiger partial charge is 0.449 e. The predicted molar refractivity (Wildman–Crippen MR) is 103 cm³/mol. The molecule has 10 heteroatoms. The zero-order valence-corrected chi connectivity index (χ0v) is 16.2. The molecule has 0 aliphatic heterocycles. The first-order valence-corrected chi connectivity index (χ1v) is 8.71. The van der Waals surface area contributed by atoms with E-state index in [9.17, 15) is 9.59 Å². The van der Waals surface area contributed by atoms with Gasteiger partial charge in [0.2, 0.25) is 0 Å². The van der Waals surface area contributed by atoms with Crippen molar-refractivity contribution in [3.63, 3.8) is 0 Å². The van der Waals surface area contributed by atoms with Crippen LogP contribution in [0.25, 0.3) is 11.0 Å². The average Bonchev–Trinajstić information content (AvgIpc) is 3.10. The summed E-state index contributed by atoms with van der Waals surface area (Å²) in [6.45, 7) is -0.340. The first kappa shape index (κ1) is 19.5. The van der Waals surface area contributed by atoms with Crippen LogP contribution in [0.1, 0.15) is 20.7 Å². The molecule has 0 fully saturated rings. The van der Waals surface area contributed by atoms with Gasteiger partial charge in [-0.2, -0.15) is 4.68 Å². The third kappa shape index (κ3) is 3.35. The van der Waals surface area contributed by atoms with E-state index in [1.807, 2.05) is 0 Å². The molecule has 3 rings (SSSR count). The minimum Gasteiger partial charge on any atom is -0.449 e. The normalized spacial score (nSPS) is 10.6. The van der Waals surface area contributed by atoms with Crippen molar-refractivity contribution in [1.29, 1.82) is 0 Å². The van der Waals surface area contributed by atoms with Crippen LogP contribution in [0.3, 0.4) is 0 Å². The first-order chi connectivity index (χ1) is 12.9. The fraction of sp³-hybridized carbons (Fsp3) is 0.0588. The van der Waals surface area contributed by atoms with Gasteiger partial charge in [-0.3, -0.25) is 4.79 Å². The van der Waals surface area contributed by atoms with Crippen LogP contribution in [0.5, 0.6) is 0 Å². The number of nitrogens with zero attached hydrogens (tertiary/aromatic N) is 3. The van der Waals surface area contributed by atoms with Gasteiger partial charge in [-0.15, -0.1) is 11.5 Å². The number of hydrogen-bond acceptors (Lipinski definition) is 5. The molecule has 136 valence electrons. The van der Waals surface area contributed by atoms with Crippen molar-refractivity contribution in [2.75, 3.05) is 6.61 Å². The Morgan fingerprint density at radius 2 is 1.67 bits per heavy atom. The Bertz CT molecular complexity index is 1130. The quantitative estimate of drug-likeness (QED) is 0.258. The molecule has 0 aliphatic carbocycles. The molecule has 0 amide bonds. The lowest BCUT2D eigenvalue weighted by molar-refractivity contribution is 0.0553. The number of ether oxygens (including phenoxy) is 1. The maximum atomic E-state index is 13.1. The van der Waals surface area contributed by atoms with Gasteiger partial charge in [-0.25, -0.2) is 4.79 Å². The summed E-state index contributed by atoms with van der Waals surface area (Å²) in [6.07, 6.45) is 5.09. The van der Waals surface area contributed by atoms with Gasteiger partial charge in [0.1, 0.15) is 5.52 Å². The molecular weight excluding hydrogens is 436 g/mol. The summed E-state index contributed by atoms with van der Waals surface area (Å²) in [5.74, 6) is 0.368. The average molecular weight is 443 g/mol. The minimum atomic E-state index is -0.980. The molecule has 0 spiro atoms. The third-order valence-electron chi connectivity index (χ3n) is 3.52. The summed E-state index contributed by atoms with van der Waals surface area (Å²) >= 11 is 24.4. The highest BCUT2D eigenvalue weighted by Gasteiger charge is 2.31. The van der Waals surface area contributed by atoms with Crippen LogP contribution in [0, 0.1) is 12.3 Å². The predicted octanol–water partition coefficient (Wildman–Crippen LogP) is 4.52. The number of para-hydroxylation sites is 1. The van der Waals surface area contributed by atoms with E-state index in [4.69, 9.17) is 57.6 Å². The fourth-order valence-electron chi connectivity index (χ4n) is 2.33. The smallest absolute Gasteiger partial charge is 0.341 e. The number of esters is 1. The third-order valence-corrected chi connectivity index (χ3v) is 5.32. The molecule has 27 heavy (non-hydrogen) atoms. The second-order valence-electron chi connectivity index (χ2n) is 5.08. The molecule has 0 N–H and O–H groups in total. The van der Waals surface area contributed by atoms with Gasteiger partial charge in [0.15, 0.2) is 6.61 Å². The van der Waals surface area contributed by atoms with Crippen LogP contribution in [0.2, 0.25) is 20.1 Å². The molecular formula is C17H7Cl4N3O3. The molecule has 0 unspecified atom stereocenters. The lowest BCUT2D eigenvalue weighted by Gasteiger charge is -2.14. The van der Waals surface area contributed by atoms with Gasteiger partial charge >= 0.3 is 5.97 Å². The zero-order chi connectivity index (χ0) is 19.7. The van der Waals surface area contributed by atoms with Gasteiger partial charge < -0.3 is 4.74 Å². The van der Waals surface area contributed by atoms with Crippen molar-refractivity contribution < 1.29 is 14.3 Å². The number of rotatable bonds is 3. The molecule has 3 aromatic rings. The maximum absolute atomic E-state index is 13.1. The molecule has 0 bridgehead atoms. The monoisotopic (exact) mass is 441 g/mol. The SMILES string of the molecule is C#CCOC(=O)c1c(Cl)c(Cl)c(Cl)c(Cl)c1C(=O)n1nnc2ccccc21. The van der Waals surface area contributed by atoms with Crippen molar-refractivity contribution in [2.24, 2.45) is 0 Å². The molecule has 1 heterocycles. The van der Waals surface area contributed by atoms with Crippen LogP contribution in [0.4, 0.5) is 0 Å². The van der Waals surface area contributed by atoms with E-state index in [0.29, 0.717) is 11.0 Å². The van der Waals surface area contributed by atoms with Gasteiger partial charge in [-0.1, -0.05) is 69.7 Å². The summed E-state index contributed by atoms with van der Waals surface area (Å²) in [4.78, 5) is 25.6. The van der Waals surface area contributed by atoms with E-state index in [-0.39, 0.29) is 37.8 Å². The molecule has 0 atom stereocenters. The molecule has 0 saturated carbocycles. The highest BCUT2D eigenvalue weighted by molar-refractivity contribution is 6.54. The van der Waals surface area contributed by atoms with E-state index in [1.165, 1.54) is 0 Å². The number of carbonyl (C=O) groups excluding carboxylic acids is 2. The summed E-state index contributed by atoms with van der Waals surface area (Å²) < 4.78 is 5.85. The molecule has 2 aromatic carbocycles. The number of benzene rings is 2. The summed E-state index contributed by atoms with van der Waals surface area (Å²) in [5.41, 5.74) is 0.165. The van der Waals surface area contributed by atoms with Crippen molar-refractivity contribution in [1.82, 2.24) is 15.0 Å². The van der Waals surface area contributed by atoms with Crippen LogP contribution in [0.15, 0.2) is 24.3 Å². The lowest BCUT2D eigenvalue weighted by Crippen LogP contribution is -2.20. The lowest BCUT2D eigenvalue weighted by atomic mass is 10.1. The highest BCUT2D eigenvalue weighted by Crippen LogP contribution is 2.42. The number of fused-ring (bicyclic) bond motifs is 1. The Morgan fingerprint density at radius 3 is 2.33 bits per heavy atom. The van der Waals surface area contributed by atoms with Gasteiger partial charge in [-0.05, 0) is 12.1 Å². The second kappa shape index (κ2) is 7.75. The highest BCUT2D eigenvalue weighted by atomic mass is 35.5. The van der Waals surface area contributed by atoms with Crippen LogP contribution < -0.4 is 0 Å². The number of hydrogen-bond donors (Lipinski definition) is 0. The van der Waals surface area contributed by atoms with Gasteiger partial charge in [0, 0.05) is 0 Å². The molecule has 1 aromatic heterocycles. The Labute approximate surface area is 172 Å². The van der Waals surface area contributed by atoms with E-state index in [0.717, 1.165) is 4.68 Å². The number of halogens is 4. The van der Waals surface area contributed by atoms with E-state index >= 15 is 0 Å². The number of terminal acetylenes is 1. The van der Waals surface area contributed by atoms with Crippen LogP contribution >= 0.6 is 46.4 Å². The van der Waals surface area contributed by atoms with E-state index < -0.39 is 11.9 Å². The topological polar surface area (TPSA) is 74.1 Å². The summed E-state index contributed by atoms with van der Waals surface area (Å²) in [6, 6.07) is 6.71. The Morgan fingerprint density at radius 1 is 1.04 bits per heavy atom. The Kier molecular flexibility index (Phi) is 5.59. The Balaban J connectivity index is 2.26. The molecule has 0 saturated heterocycles. The van der Waals surface area contributed by atoms with Crippen molar-refractivity contribution in [3.05, 3.63) is 55.5 Å². The molecule has 6 nitrogen and oxygen atoms in total. The fourth-order valence-corrected chi connectivity index (χ4v) is 3.34. The first-order valence-electron chi connectivity index (χ1n) is 7.20. The number of aromatic nitrogens is 3. The van der Waals surface area contributed by atoms with Gasteiger partial charge in [0.25, 0.3) is 5.91 Å². The summed E-state index contributed by atoms with van der Waals surface area (Å²) in [7, 11) is 0. The minimum absolute atomic E-state index is 0.190. The molecule has 0 radical (unpaired) electrons. The number of carbonyl (C=O) groups is 2. The van der Waals surface area contributed by atoms with Crippen LogP contribution in [-0.2, 0) is 4.74 Å². The molecule has 0 aliphatic rings. The second-order valence-corrected chi connectivity index (χ2v) is 6.59. The Hall–Kier alpha value is -2.30. The standard InChI is InChI=1S/C17H7Cl4N3O3/c1-2-7-27-17(26)11-10(12(18)14(20)15(21)13(11)19)16(25)24-9-6-4-3-5-8(9)22-23-24/h1,3-6H,7H2. The zero-order valence-electron chi connectivity index (χ0n) is 13.2. The van der Waals surface area contributed by atoms with Gasteiger partial charge in [0.05, 0.1) is 36.7 Å². The summed E-state index contributed by atoms with van der Waals surface area (Å²) in [5, 5.41) is 6.75. The van der Waals surface area contributed by atoms with Crippen molar-refractivity contribution in [2.45, 2.75) is 0 Å². The van der Waals surface area contributed by atoms with E-state index in [2.05, 4.69) is 16.2 Å². The van der Waals surface area contributed by atoms with Crippen molar-refractivity contribution in [3.8, 4) is 12.3 Å². The maximum Gasteiger partial charge on any atom is 0.341 e. The van der Waals surface area contributed by atoms with Crippen molar-refractivity contribution >= 4 is 69.3 Å².